The number of sulfonamides is 1. The van der Waals surface area contributed by atoms with E-state index >= 15 is 0 Å². The molecule has 0 bridgehead atoms. The Morgan fingerprint density at radius 3 is 2.10 bits per heavy atom. The van der Waals surface area contributed by atoms with Gasteiger partial charge in [-0.3, -0.25) is 14.4 Å². The number of nitrogens with zero attached hydrogens (tertiary/aromatic N) is 1. The van der Waals surface area contributed by atoms with Gasteiger partial charge in [-0.15, -0.1) is 0 Å². The number of nitrogens with two attached hydrogens (primary N) is 3. The average Bonchev–Trinajstić information content (AvgIpc) is 2.98. The molecule has 0 heterocycles. The fraction of sp³-hybridized carbons (Fsp3) is 0.300. The summed E-state index contributed by atoms with van der Waals surface area (Å²) in [4.78, 5) is 39.6. The molecule has 42 heavy (non-hydrogen) atoms. The van der Waals surface area contributed by atoms with Crippen molar-refractivity contribution in [2.45, 2.75) is 48.7 Å². The quantitative estimate of drug-likeness (QED) is 0.130. The number of carbonyl (C=O) groups excluding carboxylic acids is 3. The highest BCUT2D eigenvalue weighted by Crippen LogP contribution is 2.21. The zero-order valence-electron chi connectivity index (χ0n) is 23.5. The van der Waals surface area contributed by atoms with Crippen molar-refractivity contribution in [3.8, 4) is 0 Å². The molecule has 0 radical (unpaired) electrons. The molecule has 3 aromatic rings. The first-order valence-corrected chi connectivity index (χ1v) is 15.0. The molecule has 12 heteroatoms. The maximum atomic E-state index is 13.8. The van der Waals surface area contributed by atoms with Gasteiger partial charge in [-0.05, 0) is 67.6 Å². The third-order valence-electron chi connectivity index (χ3n) is 6.83. The number of benzene rings is 3. The van der Waals surface area contributed by atoms with Crippen LogP contribution in [0.5, 0.6) is 0 Å². The number of rotatable bonds is 15. The van der Waals surface area contributed by atoms with E-state index in [1.807, 2.05) is 0 Å². The number of likely N-dealkylation sites (N-methyl/N-ethyl adjacent to an activating group) is 1. The molecular formula is C30H38N6O5S. The van der Waals surface area contributed by atoms with E-state index in [1.165, 1.54) is 19.2 Å². The fourth-order valence-electron chi connectivity index (χ4n) is 4.49. The molecule has 11 nitrogen and oxygen atoms in total. The Morgan fingerprint density at radius 2 is 1.50 bits per heavy atom. The van der Waals surface area contributed by atoms with E-state index in [9.17, 15) is 22.8 Å². The molecule has 0 fully saturated rings. The number of unbranched alkanes of at least 4 members (excludes halogenated alkanes) is 1. The van der Waals surface area contributed by atoms with Gasteiger partial charge in [-0.2, -0.15) is 4.31 Å². The summed E-state index contributed by atoms with van der Waals surface area (Å²) in [5.74, 6) is -2.10. The van der Waals surface area contributed by atoms with Gasteiger partial charge < -0.3 is 27.8 Å². The molecule has 224 valence electrons. The lowest BCUT2D eigenvalue weighted by Gasteiger charge is -2.29. The Morgan fingerprint density at radius 1 is 0.857 bits per heavy atom. The fourth-order valence-corrected chi connectivity index (χ4v) is 5.83. The number of anilines is 1. The number of amides is 3. The lowest BCUT2D eigenvalue weighted by Crippen LogP contribution is -2.55. The second kappa shape index (κ2) is 15.1. The van der Waals surface area contributed by atoms with Crippen molar-refractivity contribution in [3.05, 3.63) is 96.1 Å². The first kappa shape index (κ1) is 32.3. The van der Waals surface area contributed by atoms with E-state index in [0.29, 0.717) is 36.2 Å². The average molecular weight is 595 g/mol. The maximum Gasteiger partial charge on any atom is 0.244 e. The van der Waals surface area contributed by atoms with Crippen molar-refractivity contribution in [2.24, 2.45) is 11.5 Å². The largest absolute Gasteiger partial charge is 0.399 e. The smallest absolute Gasteiger partial charge is 0.244 e. The van der Waals surface area contributed by atoms with Gasteiger partial charge in [-0.25, -0.2) is 8.42 Å². The van der Waals surface area contributed by atoms with Crippen molar-refractivity contribution >= 4 is 33.4 Å². The predicted octanol–water partition coefficient (Wildman–Crippen LogP) is 1.46. The van der Waals surface area contributed by atoms with Crippen LogP contribution in [0.15, 0.2) is 89.8 Å². The van der Waals surface area contributed by atoms with Gasteiger partial charge in [0.1, 0.15) is 18.1 Å². The van der Waals surface area contributed by atoms with Crippen molar-refractivity contribution in [3.63, 3.8) is 0 Å². The third kappa shape index (κ3) is 8.62. The Balaban J connectivity index is 1.92. The highest BCUT2D eigenvalue weighted by Gasteiger charge is 2.35. The van der Waals surface area contributed by atoms with Crippen LogP contribution in [-0.4, -0.2) is 56.1 Å². The van der Waals surface area contributed by atoms with E-state index in [4.69, 9.17) is 17.2 Å². The lowest BCUT2D eigenvalue weighted by atomic mass is 10.0. The van der Waals surface area contributed by atoms with Gasteiger partial charge in [0, 0.05) is 12.7 Å². The SMILES string of the molecule is CN([C@@H](Cc1cccc(N)c1)C(=O)N[C@@H](CCCCN)C(=O)N[C@@H](C(N)=O)c1ccccc1)S(=O)(=O)c1ccccc1. The molecular weight excluding hydrogens is 556 g/mol. The highest BCUT2D eigenvalue weighted by molar-refractivity contribution is 7.89. The second-order valence-electron chi connectivity index (χ2n) is 9.90. The van der Waals surface area contributed by atoms with E-state index < -0.39 is 45.9 Å². The Bertz CT molecular complexity index is 1450. The van der Waals surface area contributed by atoms with Crippen LogP contribution in [0.25, 0.3) is 0 Å². The third-order valence-corrected chi connectivity index (χ3v) is 8.71. The van der Waals surface area contributed by atoms with E-state index in [2.05, 4.69) is 10.6 Å². The molecule has 0 aliphatic heterocycles. The normalized spacial score (nSPS) is 13.6. The summed E-state index contributed by atoms with van der Waals surface area (Å²) in [6, 6.07) is 19.6. The minimum absolute atomic E-state index is 0.00942. The molecule has 3 amide bonds. The molecule has 0 aromatic heterocycles. The molecule has 0 aliphatic rings. The van der Waals surface area contributed by atoms with Crippen LogP contribution in [0.4, 0.5) is 5.69 Å². The summed E-state index contributed by atoms with van der Waals surface area (Å²) in [6.45, 7) is 0.381. The Hall–Kier alpha value is -4.26. The number of carbonyl (C=O) groups is 3. The highest BCUT2D eigenvalue weighted by atomic mass is 32.2. The zero-order valence-corrected chi connectivity index (χ0v) is 24.3. The minimum atomic E-state index is -4.09. The predicted molar refractivity (Wildman–Crippen MR) is 161 cm³/mol. The molecule has 0 aliphatic carbocycles. The van der Waals surface area contributed by atoms with Crippen molar-refractivity contribution in [1.29, 1.82) is 0 Å². The minimum Gasteiger partial charge on any atom is -0.399 e. The monoisotopic (exact) mass is 594 g/mol. The lowest BCUT2D eigenvalue weighted by molar-refractivity contribution is -0.132. The van der Waals surface area contributed by atoms with Gasteiger partial charge in [-0.1, -0.05) is 60.7 Å². The first-order chi connectivity index (χ1) is 20.0. The molecule has 0 spiro atoms. The first-order valence-electron chi connectivity index (χ1n) is 13.6. The van der Waals surface area contributed by atoms with Gasteiger partial charge in [0.25, 0.3) is 0 Å². The van der Waals surface area contributed by atoms with Crippen molar-refractivity contribution in [2.75, 3.05) is 19.3 Å². The van der Waals surface area contributed by atoms with Crippen LogP contribution < -0.4 is 27.8 Å². The Kier molecular flexibility index (Phi) is 11.6. The number of primary amides is 1. The van der Waals surface area contributed by atoms with Crippen LogP contribution in [0.3, 0.4) is 0 Å². The summed E-state index contributed by atoms with van der Waals surface area (Å²) in [6.07, 6.45) is 1.28. The maximum absolute atomic E-state index is 13.8. The van der Waals surface area contributed by atoms with Gasteiger partial charge in [0.2, 0.25) is 27.7 Å². The van der Waals surface area contributed by atoms with Crippen LogP contribution >= 0.6 is 0 Å². The van der Waals surface area contributed by atoms with E-state index in [0.717, 1.165) is 4.31 Å². The van der Waals surface area contributed by atoms with Crippen molar-refractivity contribution < 1.29 is 22.8 Å². The van der Waals surface area contributed by atoms with Gasteiger partial charge >= 0.3 is 0 Å². The number of hydrogen-bond acceptors (Lipinski definition) is 7. The summed E-state index contributed by atoms with van der Waals surface area (Å²) in [5.41, 5.74) is 18.7. The van der Waals surface area contributed by atoms with E-state index in [-0.39, 0.29) is 17.7 Å². The molecule has 0 saturated carbocycles. The summed E-state index contributed by atoms with van der Waals surface area (Å²) in [5, 5.41) is 5.37. The second-order valence-corrected chi connectivity index (χ2v) is 11.9. The number of nitrogen functional groups attached to an aromatic ring is 1. The van der Waals surface area contributed by atoms with Crippen LogP contribution in [0, 0.1) is 0 Å². The standard InChI is InChI=1S/C30H38N6O5S/c1-36(42(40,41)24-15-6-3-7-16-24)26(20-21-11-10-14-23(32)19-21)30(39)34-25(17-8-9-18-31)29(38)35-27(28(33)37)22-12-4-2-5-13-22/h2-7,10-16,19,25-27H,8-9,17-18,20,31-32H2,1H3,(H2,33,37)(H,34,39)(H,35,38)/t25-,26-,27+/m0/s1. The number of nitrogens with one attached hydrogen (secondary N) is 2. The topological polar surface area (TPSA) is 191 Å². The summed E-state index contributed by atoms with van der Waals surface area (Å²) < 4.78 is 28.0. The molecule has 3 atom stereocenters. The van der Waals surface area contributed by atoms with E-state index in [1.54, 1.807) is 72.8 Å². The van der Waals surface area contributed by atoms with Crippen molar-refractivity contribution in [1.82, 2.24) is 14.9 Å². The van der Waals surface area contributed by atoms with Gasteiger partial charge in [0.15, 0.2) is 0 Å². The molecule has 3 aromatic carbocycles. The van der Waals surface area contributed by atoms with Crippen LogP contribution in [0.1, 0.15) is 36.4 Å². The Labute approximate surface area is 246 Å². The molecule has 0 unspecified atom stereocenters. The van der Waals surface area contributed by atoms with Crippen LogP contribution in [-0.2, 0) is 30.8 Å². The zero-order chi connectivity index (χ0) is 30.7. The molecule has 8 N–H and O–H groups in total. The molecule has 3 rings (SSSR count). The summed E-state index contributed by atoms with van der Waals surface area (Å²) in [7, 11) is -2.77. The van der Waals surface area contributed by atoms with Gasteiger partial charge in [0.05, 0.1) is 4.90 Å². The molecule has 0 saturated heterocycles. The number of hydrogen-bond donors (Lipinski definition) is 5. The summed E-state index contributed by atoms with van der Waals surface area (Å²) >= 11 is 0. The van der Waals surface area contributed by atoms with Crippen LogP contribution in [0.2, 0.25) is 0 Å².